The molecule has 162 valence electrons. The smallest absolute Gasteiger partial charge is 0.352 e. The molecule has 0 amide bonds. The Bertz CT molecular complexity index is 1060. The van der Waals surface area contributed by atoms with Crippen molar-refractivity contribution < 1.29 is 14.6 Å². The fourth-order valence-electron chi connectivity index (χ4n) is 4.29. The lowest BCUT2D eigenvalue weighted by molar-refractivity contribution is 0.0683. The van der Waals surface area contributed by atoms with Crippen LogP contribution in [0.1, 0.15) is 52.1 Å². The van der Waals surface area contributed by atoms with Gasteiger partial charge in [-0.1, -0.05) is 48.4 Å². The highest BCUT2D eigenvalue weighted by molar-refractivity contribution is 5.92. The van der Waals surface area contributed by atoms with Crippen LogP contribution in [0.4, 0.5) is 0 Å². The van der Waals surface area contributed by atoms with Gasteiger partial charge in [-0.25, -0.2) is 4.79 Å². The maximum absolute atomic E-state index is 12.4. The van der Waals surface area contributed by atoms with E-state index < -0.39 is 5.97 Å². The van der Waals surface area contributed by atoms with Crippen LogP contribution in [-0.2, 0) is 13.1 Å². The van der Waals surface area contributed by atoms with Crippen LogP contribution in [0, 0.1) is 13.8 Å². The first-order chi connectivity index (χ1) is 15.0. The third-order valence-electron chi connectivity index (χ3n) is 6.34. The van der Waals surface area contributed by atoms with Crippen LogP contribution in [0.3, 0.4) is 0 Å². The zero-order chi connectivity index (χ0) is 22.0. The molecule has 0 aliphatic heterocycles. The molecule has 5 nitrogen and oxygen atoms in total. The number of benzene rings is 2. The zero-order valence-electron chi connectivity index (χ0n) is 18.4. The molecule has 0 atom stereocenters. The monoisotopic (exact) mass is 418 g/mol. The molecule has 0 spiro atoms. The van der Waals surface area contributed by atoms with Gasteiger partial charge in [-0.3, -0.25) is 0 Å². The molecule has 0 saturated heterocycles. The first-order valence-electron chi connectivity index (χ1n) is 10.9. The molecular formula is C26H30N2O3. The third-order valence-corrected chi connectivity index (χ3v) is 6.34. The highest BCUT2D eigenvalue weighted by atomic mass is 16.5. The van der Waals surface area contributed by atoms with E-state index in [1.807, 2.05) is 35.8 Å². The highest BCUT2D eigenvalue weighted by Crippen LogP contribution is 2.35. The van der Waals surface area contributed by atoms with Crippen LogP contribution in [-0.4, -0.2) is 28.8 Å². The van der Waals surface area contributed by atoms with E-state index in [2.05, 4.69) is 36.5 Å². The molecule has 1 fully saturated rings. The fraction of sp³-hybridized carbons (Fsp3) is 0.346. The number of carboxylic acid groups (broad SMARTS) is 1. The van der Waals surface area contributed by atoms with E-state index in [-0.39, 0.29) is 0 Å². The summed E-state index contributed by atoms with van der Waals surface area (Å²) in [5.41, 5.74) is 6.48. The number of rotatable bonds is 8. The first kappa shape index (κ1) is 21.2. The van der Waals surface area contributed by atoms with E-state index >= 15 is 0 Å². The van der Waals surface area contributed by atoms with Gasteiger partial charge in [-0.2, -0.15) is 0 Å². The Morgan fingerprint density at radius 3 is 2.32 bits per heavy atom. The summed E-state index contributed by atoms with van der Waals surface area (Å²) in [6.07, 6.45) is 3.55. The van der Waals surface area contributed by atoms with Gasteiger partial charge in [-0.15, -0.1) is 0 Å². The third kappa shape index (κ3) is 4.37. The molecule has 1 saturated carbocycles. The minimum Gasteiger partial charge on any atom is -0.497 e. The van der Waals surface area contributed by atoms with Gasteiger partial charge in [0.2, 0.25) is 0 Å². The number of nitrogens with zero attached hydrogens (tertiary/aromatic N) is 1. The molecule has 4 rings (SSSR count). The Hall–Kier alpha value is -3.05. The first-order valence-corrected chi connectivity index (χ1v) is 10.9. The van der Waals surface area contributed by atoms with Gasteiger partial charge in [0.15, 0.2) is 0 Å². The van der Waals surface area contributed by atoms with E-state index in [0.29, 0.717) is 24.8 Å². The lowest BCUT2D eigenvalue weighted by atomic mass is 9.92. The van der Waals surface area contributed by atoms with Crippen molar-refractivity contribution in [1.82, 2.24) is 9.88 Å². The predicted octanol–water partition coefficient (Wildman–Crippen LogP) is 5.17. The van der Waals surface area contributed by atoms with Crippen molar-refractivity contribution in [3.63, 3.8) is 0 Å². The van der Waals surface area contributed by atoms with Gasteiger partial charge < -0.3 is 19.7 Å². The van der Waals surface area contributed by atoms with Crippen LogP contribution < -0.4 is 10.1 Å². The molecule has 0 bridgehead atoms. The summed E-state index contributed by atoms with van der Waals surface area (Å²) >= 11 is 0. The number of aromatic carboxylic acids is 1. The molecule has 1 aromatic heterocycles. The Morgan fingerprint density at radius 2 is 1.77 bits per heavy atom. The van der Waals surface area contributed by atoms with Crippen LogP contribution in [0.15, 0.2) is 48.5 Å². The van der Waals surface area contributed by atoms with Gasteiger partial charge in [-0.05, 0) is 49.9 Å². The summed E-state index contributed by atoms with van der Waals surface area (Å²) in [5.74, 6) is -0.103. The molecule has 31 heavy (non-hydrogen) atoms. The summed E-state index contributed by atoms with van der Waals surface area (Å²) in [5, 5.41) is 13.8. The number of ether oxygens (including phenoxy) is 1. The normalized spacial score (nSPS) is 13.8. The maximum atomic E-state index is 12.4. The molecule has 0 radical (unpaired) electrons. The fourth-order valence-corrected chi connectivity index (χ4v) is 4.29. The van der Waals surface area contributed by atoms with Crippen LogP contribution >= 0.6 is 0 Å². The molecule has 2 aromatic carbocycles. The summed E-state index contributed by atoms with van der Waals surface area (Å²) in [6, 6.07) is 16.6. The van der Waals surface area contributed by atoms with Crippen LogP contribution in [0.2, 0.25) is 0 Å². The summed E-state index contributed by atoms with van der Waals surface area (Å²) in [4.78, 5) is 12.4. The topological polar surface area (TPSA) is 63.5 Å². The van der Waals surface area contributed by atoms with Crippen LogP contribution in [0.25, 0.3) is 11.1 Å². The quantitative estimate of drug-likeness (QED) is 0.530. The Balaban J connectivity index is 1.81. The molecule has 3 aromatic rings. The van der Waals surface area contributed by atoms with Gasteiger partial charge in [0.1, 0.15) is 11.4 Å². The summed E-state index contributed by atoms with van der Waals surface area (Å²) < 4.78 is 7.26. The van der Waals surface area contributed by atoms with E-state index in [9.17, 15) is 9.90 Å². The van der Waals surface area contributed by atoms with E-state index in [4.69, 9.17) is 4.74 Å². The average Bonchev–Trinajstić information content (AvgIpc) is 3.00. The lowest BCUT2D eigenvalue weighted by Gasteiger charge is -2.26. The Morgan fingerprint density at radius 1 is 1.10 bits per heavy atom. The standard InChI is InChI=1S/C26H30N2O3/c1-17-7-9-19(10-8-17)16-28-18(2)24(20-11-13-22(31-3)14-12-20)23(25(28)26(29)30)15-27-21-5-4-6-21/h7-14,21,27H,4-6,15-16H2,1-3H3,(H,29,30). The van der Waals surface area contributed by atoms with Crippen molar-refractivity contribution in [2.24, 2.45) is 0 Å². The predicted molar refractivity (Wildman–Crippen MR) is 123 cm³/mol. The van der Waals surface area contributed by atoms with Crippen molar-refractivity contribution in [2.75, 3.05) is 7.11 Å². The second kappa shape index (κ2) is 8.98. The van der Waals surface area contributed by atoms with Crippen molar-refractivity contribution in [1.29, 1.82) is 0 Å². The molecule has 5 heteroatoms. The number of carbonyl (C=O) groups is 1. The number of carboxylic acids is 1. The van der Waals surface area contributed by atoms with Crippen LogP contribution in [0.5, 0.6) is 5.75 Å². The highest BCUT2D eigenvalue weighted by Gasteiger charge is 2.27. The van der Waals surface area contributed by atoms with Gasteiger partial charge in [0.25, 0.3) is 0 Å². The molecule has 1 heterocycles. The number of aromatic nitrogens is 1. The summed E-state index contributed by atoms with van der Waals surface area (Å²) in [6.45, 7) is 5.15. The van der Waals surface area contributed by atoms with Crippen molar-refractivity contribution in [3.05, 3.63) is 76.6 Å². The zero-order valence-corrected chi connectivity index (χ0v) is 18.4. The van der Waals surface area contributed by atoms with E-state index in [1.165, 1.54) is 12.0 Å². The molecule has 2 N–H and O–H groups in total. The van der Waals surface area contributed by atoms with Gasteiger partial charge in [0, 0.05) is 36.0 Å². The number of hydrogen-bond acceptors (Lipinski definition) is 3. The van der Waals surface area contributed by atoms with Crippen molar-refractivity contribution >= 4 is 5.97 Å². The molecule has 0 unspecified atom stereocenters. The second-order valence-corrected chi connectivity index (χ2v) is 8.40. The van der Waals surface area contributed by atoms with Crippen molar-refractivity contribution in [2.45, 2.75) is 52.2 Å². The number of aryl methyl sites for hydroxylation is 1. The second-order valence-electron chi connectivity index (χ2n) is 8.40. The summed E-state index contributed by atoms with van der Waals surface area (Å²) in [7, 11) is 1.65. The van der Waals surface area contributed by atoms with Gasteiger partial charge in [0.05, 0.1) is 7.11 Å². The van der Waals surface area contributed by atoms with Crippen molar-refractivity contribution in [3.8, 4) is 16.9 Å². The lowest BCUT2D eigenvalue weighted by Crippen LogP contribution is -2.35. The average molecular weight is 419 g/mol. The molecular weight excluding hydrogens is 388 g/mol. The number of methoxy groups -OCH3 is 1. The minimum absolute atomic E-state index is 0.371. The minimum atomic E-state index is -0.889. The number of hydrogen-bond donors (Lipinski definition) is 2. The SMILES string of the molecule is COc1ccc(-c2c(CNC3CCC3)c(C(=O)O)n(Cc3ccc(C)cc3)c2C)cc1. The van der Waals surface area contributed by atoms with E-state index in [1.54, 1.807) is 7.11 Å². The molecule has 1 aliphatic rings. The Labute approximate surface area is 183 Å². The number of nitrogens with one attached hydrogen (secondary N) is 1. The largest absolute Gasteiger partial charge is 0.497 e. The molecule has 1 aliphatic carbocycles. The van der Waals surface area contributed by atoms with E-state index in [0.717, 1.165) is 46.5 Å². The maximum Gasteiger partial charge on any atom is 0.352 e. The Kier molecular flexibility index (Phi) is 6.14. The van der Waals surface area contributed by atoms with Gasteiger partial charge >= 0.3 is 5.97 Å².